The summed E-state index contributed by atoms with van der Waals surface area (Å²) < 4.78 is 3.31. The van der Waals surface area contributed by atoms with Crippen molar-refractivity contribution in [3.8, 4) is 28.1 Å². The van der Waals surface area contributed by atoms with Crippen LogP contribution in [0.1, 0.15) is 42.4 Å². The minimum Gasteiger partial charge on any atom is -0.493 e. The second-order valence-electron chi connectivity index (χ2n) is 8.61. The SMILES string of the molecule is Cc1ccc(-c2cc(Cl)c(-c3c(O)n4n(c3=O)CCC4)c(C)c2C2CC2C)cc1. The summed E-state index contributed by atoms with van der Waals surface area (Å²) in [5.41, 5.74) is 6.65. The molecule has 2 heterocycles. The van der Waals surface area contributed by atoms with E-state index in [0.717, 1.165) is 29.5 Å². The summed E-state index contributed by atoms with van der Waals surface area (Å²) >= 11 is 6.78. The van der Waals surface area contributed by atoms with Crippen molar-refractivity contribution < 1.29 is 5.11 Å². The van der Waals surface area contributed by atoms with E-state index in [1.807, 2.05) is 13.0 Å². The van der Waals surface area contributed by atoms with E-state index < -0.39 is 0 Å². The fourth-order valence-electron chi connectivity index (χ4n) is 4.89. The first-order valence-corrected chi connectivity index (χ1v) is 10.7. The predicted octanol–water partition coefficient (Wildman–Crippen LogP) is 5.49. The van der Waals surface area contributed by atoms with E-state index in [-0.39, 0.29) is 11.4 Å². The molecule has 1 fully saturated rings. The number of rotatable bonds is 3. The van der Waals surface area contributed by atoms with Crippen molar-refractivity contribution in [2.45, 2.75) is 52.6 Å². The molecule has 2 aromatic carbocycles. The van der Waals surface area contributed by atoms with Gasteiger partial charge in [0.25, 0.3) is 5.56 Å². The Balaban J connectivity index is 1.78. The molecule has 150 valence electrons. The number of nitrogens with zero attached hydrogens (tertiary/aromatic N) is 2. The molecule has 4 nitrogen and oxygen atoms in total. The summed E-state index contributed by atoms with van der Waals surface area (Å²) in [5.74, 6) is 1.11. The first-order chi connectivity index (χ1) is 13.9. The van der Waals surface area contributed by atoms with Gasteiger partial charge in [0, 0.05) is 23.7 Å². The number of hydrogen-bond acceptors (Lipinski definition) is 2. The van der Waals surface area contributed by atoms with Gasteiger partial charge < -0.3 is 5.11 Å². The maximum absolute atomic E-state index is 13.1. The Morgan fingerprint density at radius 3 is 2.34 bits per heavy atom. The summed E-state index contributed by atoms with van der Waals surface area (Å²) in [4.78, 5) is 13.1. The molecule has 0 radical (unpaired) electrons. The standard InChI is InChI=1S/C24H25ClN2O2/c1-13-5-7-16(8-6-13)18-12-19(25)21(15(3)20(18)17-11-14(17)2)22-23(28)26-9-4-10-27(26)24(22)29/h5-8,12,14,17,28H,4,9-11H2,1-3H3. The first kappa shape index (κ1) is 18.6. The van der Waals surface area contributed by atoms with Gasteiger partial charge in [-0.3, -0.25) is 9.48 Å². The van der Waals surface area contributed by atoms with Gasteiger partial charge in [0.15, 0.2) is 0 Å². The van der Waals surface area contributed by atoms with Gasteiger partial charge in [-0.05, 0) is 66.8 Å². The lowest BCUT2D eigenvalue weighted by Crippen LogP contribution is -2.17. The summed E-state index contributed by atoms with van der Waals surface area (Å²) in [6.07, 6.45) is 2.00. The molecule has 1 aliphatic carbocycles. The van der Waals surface area contributed by atoms with Gasteiger partial charge in [-0.1, -0.05) is 48.4 Å². The number of hydrogen-bond donors (Lipinski definition) is 1. The molecule has 5 heteroatoms. The van der Waals surface area contributed by atoms with Gasteiger partial charge in [0.1, 0.15) is 5.56 Å². The maximum Gasteiger partial charge on any atom is 0.278 e. The third kappa shape index (κ3) is 2.77. The lowest BCUT2D eigenvalue weighted by Gasteiger charge is -2.18. The Kier molecular flexibility index (Phi) is 4.18. The second-order valence-corrected chi connectivity index (χ2v) is 9.02. The van der Waals surface area contributed by atoms with Gasteiger partial charge in [-0.2, -0.15) is 0 Å². The zero-order valence-corrected chi connectivity index (χ0v) is 17.8. The topological polar surface area (TPSA) is 47.2 Å². The summed E-state index contributed by atoms with van der Waals surface area (Å²) in [5, 5.41) is 11.4. The van der Waals surface area contributed by atoms with E-state index in [0.29, 0.717) is 41.1 Å². The Labute approximate surface area is 175 Å². The van der Waals surface area contributed by atoms with Crippen LogP contribution in [0.2, 0.25) is 5.02 Å². The van der Waals surface area contributed by atoms with Gasteiger partial charge in [0.05, 0.1) is 0 Å². The van der Waals surface area contributed by atoms with E-state index in [1.165, 1.54) is 11.1 Å². The van der Waals surface area contributed by atoms with Crippen LogP contribution in [0.5, 0.6) is 5.88 Å². The molecule has 0 bridgehead atoms. The molecular weight excluding hydrogens is 384 g/mol. The monoisotopic (exact) mass is 408 g/mol. The van der Waals surface area contributed by atoms with Crippen molar-refractivity contribution >= 4 is 11.6 Å². The number of aromatic hydroxyl groups is 1. The Morgan fingerprint density at radius 2 is 1.72 bits per heavy atom. The van der Waals surface area contributed by atoms with Crippen molar-refractivity contribution in [2.24, 2.45) is 5.92 Å². The molecule has 3 aromatic rings. The normalized spacial score (nSPS) is 20.1. The predicted molar refractivity (Wildman–Crippen MR) is 117 cm³/mol. The van der Waals surface area contributed by atoms with Crippen LogP contribution in [-0.4, -0.2) is 14.5 Å². The number of halogens is 1. The fourth-order valence-corrected chi connectivity index (χ4v) is 5.23. The largest absolute Gasteiger partial charge is 0.493 e. The average Bonchev–Trinajstić information content (AvgIpc) is 3.12. The molecule has 1 saturated carbocycles. The molecule has 1 aromatic heterocycles. The number of aryl methyl sites for hydroxylation is 1. The smallest absolute Gasteiger partial charge is 0.278 e. The van der Waals surface area contributed by atoms with E-state index in [1.54, 1.807) is 9.36 Å². The van der Waals surface area contributed by atoms with Crippen LogP contribution < -0.4 is 5.56 Å². The highest BCUT2D eigenvalue weighted by atomic mass is 35.5. The van der Waals surface area contributed by atoms with E-state index >= 15 is 0 Å². The zero-order valence-electron chi connectivity index (χ0n) is 17.0. The number of fused-ring (bicyclic) bond motifs is 1. The minimum absolute atomic E-state index is 0.0374. The molecule has 2 atom stereocenters. The Morgan fingerprint density at radius 1 is 1.07 bits per heavy atom. The molecule has 0 amide bonds. The summed E-state index contributed by atoms with van der Waals surface area (Å²) in [7, 11) is 0. The molecule has 2 aliphatic rings. The lowest BCUT2D eigenvalue weighted by molar-refractivity contribution is 0.399. The fraction of sp³-hybridized carbons (Fsp3) is 0.375. The van der Waals surface area contributed by atoms with Gasteiger partial charge in [0.2, 0.25) is 5.88 Å². The molecule has 2 unspecified atom stereocenters. The van der Waals surface area contributed by atoms with Gasteiger partial charge in [-0.15, -0.1) is 0 Å². The maximum atomic E-state index is 13.1. The van der Waals surface area contributed by atoms with E-state index in [9.17, 15) is 9.90 Å². The lowest BCUT2D eigenvalue weighted by atomic mass is 9.87. The Bertz CT molecular complexity index is 1190. The summed E-state index contributed by atoms with van der Waals surface area (Å²) in [6, 6.07) is 10.5. The third-order valence-corrected chi connectivity index (χ3v) is 6.92. The number of aromatic nitrogens is 2. The molecular formula is C24H25ClN2O2. The van der Waals surface area contributed by atoms with Crippen LogP contribution in [-0.2, 0) is 13.1 Å². The third-order valence-electron chi connectivity index (χ3n) is 6.62. The molecule has 1 N–H and O–H groups in total. The van der Waals surface area contributed by atoms with Crippen LogP contribution in [0.4, 0.5) is 0 Å². The van der Waals surface area contributed by atoms with Crippen LogP contribution in [0.15, 0.2) is 35.1 Å². The van der Waals surface area contributed by atoms with Crippen molar-refractivity contribution in [3.05, 3.63) is 62.4 Å². The second kappa shape index (κ2) is 6.53. The van der Waals surface area contributed by atoms with Crippen LogP contribution in [0.3, 0.4) is 0 Å². The van der Waals surface area contributed by atoms with Crippen LogP contribution in [0.25, 0.3) is 22.3 Å². The van der Waals surface area contributed by atoms with E-state index in [4.69, 9.17) is 11.6 Å². The average molecular weight is 409 g/mol. The van der Waals surface area contributed by atoms with Crippen molar-refractivity contribution in [1.82, 2.24) is 9.36 Å². The molecule has 1 aliphatic heterocycles. The van der Waals surface area contributed by atoms with Crippen LogP contribution >= 0.6 is 11.6 Å². The van der Waals surface area contributed by atoms with Crippen molar-refractivity contribution in [3.63, 3.8) is 0 Å². The Hall–Kier alpha value is -2.46. The molecule has 5 rings (SSSR count). The van der Waals surface area contributed by atoms with Crippen LogP contribution in [0, 0.1) is 19.8 Å². The van der Waals surface area contributed by atoms with E-state index in [2.05, 4.69) is 38.1 Å². The zero-order chi connectivity index (χ0) is 20.4. The highest BCUT2D eigenvalue weighted by molar-refractivity contribution is 6.34. The summed E-state index contributed by atoms with van der Waals surface area (Å²) in [6.45, 7) is 7.68. The molecule has 29 heavy (non-hydrogen) atoms. The van der Waals surface area contributed by atoms with Crippen molar-refractivity contribution in [2.75, 3.05) is 0 Å². The molecule has 0 spiro atoms. The van der Waals surface area contributed by atoms with Gasteiger partial charge in [-0.25, -0.2) is 4.68 Å². The quantitative estimate of drug-likeness (QED) is 0.623. The highest BCUT2D eigenvalue weighted by Crippen LogP contribution is 2.54. The van der Waals surface area contributed by atoms with Crippen molar-refractivity contribution in [1.29, 1.82) is 0 Å². The molecule has 0 saturated heterocycles. The number of benzene rings is 2. The minimum atomic E-state index is -0.150. The highest BCUT2D eigenvalue weighted by Gasteiger charge is 2.38. The first-order valence-electron chi connectivity index (χ1n) is 10.3. The van der Waals surface area contributed by atoms with Gasteiger partial charge >= 0.3 is 0 Å².